The van der Waals surface area contributed by atoms with Gasteiger partial charge in [-0.25, -0.2) is 0 Å². The first kappa shape index (κ1) is 21.7. The fraction of sp³-hybridized carbons (Fsp3) is 0.250. The van der Waals surface area contributed by atoms with Crippen molar-refractivity contribution in [3.63, 3.8) is 0 Å². The molecule has 0 spiro atoms. The summed E-state index contributed by atoms with van der Waals surface area (Å²) in [5.41, 5.74) is 6.23. The Morgan fingerprint density at radius 3 is 2.57 bits per heavy atom. The fourth-order valence-corrected chi connectivity index (χ4v) is 3.83. The van der Waals surface area contributed by atoms with E-state index in [-0.39, 0.29) is 11.6 Å². The maximum absolute atomic E-state index is 12.9. The maximum Gasteiger partial charge on any atom is 0.416 e. The number of nitrogens with one attached hydrogen (secondary N) is 1. The number of nitrogens with zero attached hydrogens (tertiary/aromatic N) is 3. The van der Waals surface area contributed by atoms with Crippen LogP contribution in [0.2, 0.25) is 0 Å². The van der Waals surface area contributed by atoms with Crippen molar-refractivity contribution < 1.29 is 18.0 Å². The topological polar surface area (TPSA) is 85.8 Å². The third kappa shape index (κ3) is 5.12. The zero-order valence-corrected chi connectivity index (χ0v) is 16.9. The van der Waals surface area contributed by atoms with Gasteiger partial charge in [-0.3, -0.25) is 9.36 Å². The standard InChI is InChI=1S/C20H20F3N5OS/c1-2-16(17(29)25-15-10-6-9-14(11-15)20(21,22)23)28-18(24)26-27-19(28)30-12-13-7-4-3-5-8-13/h3-11,16H,2,12H2,1H3,(H2,24,26)(H,25,29). The van der Waals surface area contributed by atoms with E-state index in [1.807, 2.05) is 30.3 Å². The van der Waals surface area contributed by atoms with E-state index < -0.39 is 23.7 Å². The van der Waals surface area contributed by atoms with Crippen LogP contribution in [0.15, 0.2) is 59.8 Å². The first-order valence-electron chi connectivity index (χ1n) is 9.14. The molecule has 10 heteroatoms. The lowest BCUT2D eigenvalue weighted by molar-refractivity contribution is -0.137. The molecule has 1 atom stereocenters. The molecule has 0 aliphatic heterocycles. The molecule has 1 heterocycles. The minimum atomic E-state index is -4.50. The second-order valence-electron chi connectivity index (χ2n) is 6.48. The van der Waals surface area contributed by atoms with E-state index in [0.29, 0.717) is 17.3 Å². The van der Waals surface area contributed by atoms with Crippen LogP contribution >= 0.6 is 11.8 Å². The van der Waals surface area contributed by atoms with Crippen LogP contribution in [0.4, 0.5) is 24.8 Å². The van der Waals surface area contributed by atoms with Gasteiger partial charge in [0.2, 0.25) is 11.9 Å². The first-order valence-corrected chi connectivity index (χ1v) is 10.1. The molecule has 158 valence electrons. The van der Waals surface area contributed by atoms with Gasteiger partial charge < -0.3 is 11.1 Å². The number of carbonyl (C=O) groups excluding carboxylic acids is 1. The Bertz CT molecular complexity index is 1010. The first-order chi connectivity index (χ1) is 14.3. The van der Waals surface area contributed by atoms with E-state index in [1.54, 1.807) is 6.92 Å². The monoisotopic (exact) mass is 435 g/mol. The molecule has 2 aromatic carbocycles. The molecule has 30 heavy (non-hydrogen) atoms. The molecule has 1 unspecified atom stereocenters. The Kier molecular flexibility index (Phi) is 6.66. The zero-order valence-electron chi connectivity index (χ0n) is 16.1. The van der Waals surface area contributed by atoms with Gasteiger partial charge in [0.25, 0.3) is 0 Å². The van der Waals surface area contributed by atoms with E-state index in [1.165, 1.54) is 28.5 Å². The van der Waals surface area contributed by atoms with E-state index in [0.717, 1.165) is 17.7 Å². The molecule has 3 rings (SSSR count). The Hall–Kier alpha value is -3.01. The van der Waals surface area contributed by atoms with Gasteiger partial charge in [0.15, 0.2) is 5.16 Å². The van der Waals surface area contributed by atoms with Gasteiger partial charge in [0, 0.05) is 11.4 Å². The lowest BCUT2D eigenvalue weighted by Crippen LogP contribution is -2.27. The average molecular weight is 435 g/mol. The Labute approximate surface area is 175 Å². The number of rotatable bonds is 7. The molecule has 3 N–H and O–H groups in total. The number of amides is 1. The SMILES string of the molecule is CCC(C(=O)Nc1cccc(C(F)(F)F)c1)n1c(N)nnc1SCc1ccccc1. The molecule has 3 aromatic rings. The highest BCUT2D eigenvalue weighted by molar-refractivity contribution is 7.98. The second kappa shape index (κ2) is 9.21. The highest BCUT2D eigenvalue weighted by Crippen LogP contribution is 2.32. The minimum Gasteiger partial charge on any atom is -0.368 e. The largest absolute Gasteiger partial charge is 0.416 e. The predicted molar refractivity (Wildman–Crippen MR) is 110 cm³/mol. The summed E-state index contributed by atoms with van der Waals surface area (Å²) in [4.78, 5) is 12.8. The lowest BCUT2D eigenvalue weighted by Gasteiger charge is -2.19. The van der Waals surface area contributed by atoms with E-state index in [9.17, 15) is 18.0 Å². The van der Waals surface area contributed by atoms with Crippen LogP contribution < -0.4 is 11.1 Å². The highest BCUT2D eigenvalue weighted by Gasteiger charge is 2.31. The third-order valence-electron chi connectivity index (χ3n) is 4.36. The van der Waals surface area contributed by atoms with Crippen molar-refractivity contribution in [2.75, 3.05) is 11.1 Å². The lowest BCUT2D eigenvalue weighted by atomic mass is 10.1. The fourth-order valence-electron chi connectivity index (χ4n) is 2.89. The number of alkyl halides is 3. The summed E-state index contributed by atoms with van der Waals surface area (Å²) in [5.74, 6) is 0.173. The molecule has 0 aliphatic rings. The summed E-state index contributed by atoms with van der Waals surface area (Å²) in [6.07, 6.45) is -4.14. The smallest absolute Gasteiger partial charge is 0.368 e. The molecule has 1 aromatic heterocycles. The van der Waals surface area contributed by atoms with Gasteiger partial charge in [-0.15, -0.1) is 10.2 Å². The molecule has 0 bridgehead atoms. The maximum atomic E-state index is 12.9. The Balaban J connectivity index is 1.79. The number of anilines is 2. The molecular formula is C20H20F3N5OS. The number of carbonyl (C=O) groups is 1. The number of hydrogen-bond donors (Lipinski definition) is 2. The van der Waals surface area contributed by atoms with Crippen molar-refractivity contribution in [2.45, 2.75) is 36.5 Å². The van der Waals surface area contributed by atoms with Crippen molar-refractivity contribution in [2.24, 2.45) is 0 Å². The summed E-state index contributed by atoms with van der Waals surface area (Å²) < 4.78 is 40.3. The number of thioether (sulfide) groups is 1. The summed E-state index contributed by atoms with van der Waals surface area (Å²) >= 11 is 1.37. The van der Waals surface area contributed by atoms with Crippen molar-refractivity contribution in [1.82, 2.24) is 14.8 Å². The van der Waals surface area contributed by atoms with Gasteiger partial charge >= 0.3 is 6.18 Å². The molecule has 0 saturated heterocycles. The van der Waals surface area contributed by atoms with Crippen LogP contribution in [-0.2, 0) is 16.7 Å². The van der Waals surface area contributed by atoms with Crippen LogP contribution in [-0.4, -0.2) is 20.7 Å². The number of nitrogen functional groups attached to an aromatic ring is 1. The Morgan fingerprint density at radius 2 is 1.90 bits per heavy atom. The summed E-state index contributed by atoms with van der Waals surface area (Å²) in [6.45, 7) is 1.78. The van der Waals surface area contributed by atoms with Gasteiger partial charge in [0.05, 0.1) is 5.56 Å². The molecule has 0 radical (unpaired) electrons. The molecule has 6 nitrogen and oxygen atoms in total. The van der Waals surface area contributed by atoms with Crippen LogP contribution in [0, 0.1) is 0 Å². The van der Waals surface area contributed by atoms with Gasteiger partial charge in [-0.2, -0.15) is 13.2 Å². The van der Waals surface area contributed by atoms with E-state index in [2.05, 4.69) is 15.5 Å². The summed E-state index contributed by atoms with van der Waals surface area (Å²) in [5, 5.41) is 10.9. The minimum absolute atomic E-state index is 0.0541. The van der Waals surface area contributed by atoms with Crippen molar-refractivity contribution >= 4 is 29.3 Å². The number of benzene rings is 2. The van der Waals surface area contributed by atoms with Crippen LogP contribution in [0.5, 0.6) is 0 Å². The van der Waals surface area contributed by atoms with Crippen LogP contribution in [0.1, 0.15) is 30.5 Å². The Morgan fingerprint density at radius 1 is 1.17 bits per heavy atom. The second-order valence-corrected chi connectivity index (χ2v) is 7.42. The number of nitrogens with two attached hydrogens (primary N) is 1. The predicted octanol–water partition coefficient (Wildman–Crippen LogP) is 4.76. The highest BCUT2D eigenvalue weighted by atomic mass is 32.2. The molecule has 0 fully saturated rings. The van der Waals surface area contributed by atoms with Gasteiger partial charge in [0.1, 0.15) is 6.04 Å². The summed E-state index contributed by atoms with van der Waals surface area (Å²) in [6, 6.07) is 13.4. The molecular weight excluding hydrogens is 415 g/mol. The average Bonchev–Trinajstić information content (AvgIpc) is 3.08. The van der Waals surface area contributed by atoms with Crippen molar-refractivity contribution in [3.05, 3.63) is 65.7 Å². The molecule has 0 aliphatic carbocycles. The van der Waals surface area contributed by atoms with Gasteiger partial charge in [-0.05, 0) is 30.2 Å². The quantitative estimate of drug-likeness (QED) is 0.523. The van der Waals surface area contributed by atoms with Crippen LogP contribution in [0.25, 0.3) is 0 Å². The molecule has 0 saturated carbocycles. The number of hydrogen-bond acceptors (Lipinski definition) is 5. The molecule has 1 amide bonds. The van der Waals surface area contributed by atoms with Crippen LogP contribution in [0.3, 0.4) is 0 Å². The van der Waals surface area contributed by atoms with Gasteiger partial charge in [-0.1, -0.05) is 55.1 Å². The van der Waals surface area contributed by atoms with Crippen molar-refractivity contribution in [1.29, 1.82) is 0 Å². The zero-order chi connectivity index (χ0) is 21.7. The third-order valence-corrected chi connectivity index (χ3v) is 5.37. The van der Waals surface area contributed by atoms with Crippen molar-refractivity contribution in [3.8, 4) is 0 Å². The van der Waals surface area contributed by atoms with E-state index >= 15 is 0 Å². The number of halogens is 3. The summed E-state index contributed by atoms with van der Waals surface area (Å²) in [7, 11) is 0. The normalized spacial score (nSPS) is 12.5. The number of aromatic nitrogens is 3. The van der Waals surface area contributed by atoms with E-state index in [4.69, 9.17) is 5.73 Å².